The van der Waals surface area contributed by atoms with Crippen molar-refractivity contribution >= 4 is 17.7 Å². The van der Waals surface area contributed by atoms with Crippen molar-refractivity contribution in [1.29, 1.82) is 0 Å². The van der Waals surface area contributed by atoms with Crippen molar-refractivity contribution in [3.63, 3.8) is 0 Å². The van der Waals surface area contributed by atoms with E-state index in [9.17, 15) is 4.79 Å². The zero-order valence-electron chi connectivity index (χ0n) is 7.54. The monoisotopic (exact) mass is 225 g/mol. The summed E-state index contributed by atoms with van der Waals surface area (Å²) in [5.41, 5.74) is 0.616. The van der Waals surface area contributed by atoms with Crippen LogP contribution in [0.1, 0.15) is 16.1 Å². The summed E-state index contributed by atoms with van der Waals surface area (Å²) in [5, 5.41) is 9.28. The highest BCUT2D eigenvalue weighted by Gasteiger charge is 2.14. The molecule has 2 aromatic heterocycles. The molecule has 6 heteroatoms. The van der Waals surface area contributed by atoms with Gasteiger partial charge < -0.3 is 13.9 Å². The van der Waals surface area contributed by atoms with Crippen molar-refractivity contribution in [3.05, 3.63) is 36.1 Å². The quantitative estimate of drug-likeness (QED) is 0.804. The predicted octanol–water partition coefficient (Wildman–Crippen LogP) is 2.26. The van der Waals surface area contributed by atoms with E-state index >= 15 is 0 Å². The Kier molecular flexibility index (Phi) is 2.77. The second-order valence-corrected chi connectivity index (χ2v) is 3.59. The van der Waals surface area contributed by atoms with Crippen molar-refractivity contribution < 1.29 is 18.7 Å². The number of nitrogens with zero attached hydrogens (tertiary/aromatic N) is 1. The van der Waals surface area contributed by atoms with Crippen LogP contribution in [0.2, 0.25) is 0 Å². The molecule has 0 fully saturated rings. The molecule has 0 aliphatic carbocycles. The zero-order valence-corrected chi connectivity index (χ0v) is 8.36. The van der Waals surface area contributed by atoms with E-state index in [0.717, 1.165) is 0 Å². The topological polar surface area (TPSA) is 76.5 Å². The van der Waals surface area contributed by atoms with Crippen LogP contribution in [0.3, 0.4) is 0 Å². The lowest BCUT2D eigenvalue weighted by molar-refractivity contribution is 0.0661. The summed E-state index contributed by atoms with van der Waals surface area (Å²) < 4.78 is 9.84. The molecular formula is C9H7NO4S. The van der Waals surface area contributed by atoms with Crippen LogP contribution in [0.4, 0.5) is 0 Å². The van der Waals surface area contributed by atoms with E-state index < -0.39 is 5.97 Å². The van der Waals surface area contributed by atoms with Crippen molar-refractivity contribution in [2.45, 2.75) is 11.0 Å². The summed E-state index contributed by atoms with van der Waals surface area (Å²) in [5.74, 6) is -0.643. The first-order valence-electron chi connectivity index (χ1n) is 4.09. The Bertz CT molecular complexity index is 448. The maximum Gasteiger partial charge on any atom is 0.372 e. The van der Waals surface area contributed by atoms with Crippen molar-refractivity contribution in [1.82, 2.24) is 4.98 Å². The normalized spacial score (nSPS) is 10.4. The number of hydrogen-bond donors (Lipinski definition) is 1. The number of aromatic nitrogens is 1. The molecule has 0 atom stereocenters. The summed E-state index contributed by atoms with van der Waals surface area (Å²) >= 11 is 1.32. The first kappa shape index (κ1) is 9.85. The van der Waals surface area contributed by atoms with E-state index in [1.807, 2.05) is 0 Å². The SMILES string of the molecule is O=C(O)c1occc1CSc1ncco1. The molecule has 0 spiro atoms. The summed E-state index contributed by atoms with van der Waals surface area (Å²) in [6.07, 6.45) is 4.36. The molecule has 2 aromatic rings. The Hall–Kier alpha value is -1.69. The van der Waals surface area contributed by atoms with Gasteiger partial charge in [0.25, 0.3) is 5.22 Å². The number of oxazole rings is 1. The second-order valence-electron chi connectivity index (χ2n) is 2.67. The van der Waals surface area contributed by atoms with Crippen LogP contribution in [-0.2, 0) is 5.75 Å². The molecule has 0 amide bonds. The highest BCUT2D eigenvalue weighted by molar-refractivity contribution is 7.98. The average Bonchev–Trinajstić information content (AvgIpc) is 2.86. The Balaban J connectivity index is 2.05. The molecule has 15 heavy (non-hydrogen) atoms. The molecule has 2 rings (SSSR count). The molecule has 78 valence electrons. The molecule has 0 radical (unpaired) electrons. The smallest absolute Gasteiger partial charge is 0.372 e. The van der Waals surface area contributed by atoms with E-state index in [-0.39, 0.29) is 5.76 Å². The molecule has 0 aliphatic heterocycles. The van der Waals surface area contributed by atoms with Gasteiger partial charge >= 0.3 is 5.97 Å². The summed E-state index contributed by atoms with van der Waals surface area (Å²) in [6.45, 7) is 0. The summed E-state index contributed by atoms with van der Waals surface area (Å²) in [4.78, 5) is 14.6. The van der Waals surface area contributed by atoms with Crippen LogP contribution in [0, 0.1) is 0 Å². The van der Waals surface area contributed by atoms with Gasteiger partial charge in [-0.25, -0.2) is 9.78 Å². The van der Waals surface area contributed by atoms with Gasteiger partial charge in [-0.05, 0) is 6.07 Å². The lowest BCUT2D eigenvalue weighted by atomic mass is 10.3. The van der Waals surface area contributed by atoms with Gasteiger partial charge in [0.05, 0.1) is 12.5 Å². The van der Waals surface area contributed by atoms with Crippen LogP contribution in [0.15, 0.2) is 38.8 Å². The molecule has 5 nitrogen and oxygen atoms in total. The van der Waals surface area contributed by atoms with E-state index in [1.54, 1.807) is 6.07 Å². The second kappa shape index (κ2) is 4.22. The molecule has 1 N–H and O–H groups in total. The minimum Gasteiger partial charge on any atom is -0.475 e. The van der Waals surface area contributed by atoms with Crippen molar-refractivity contribution in [2.24, 2.45) is 0 Å². The molecule has 0 aromatic carbocycles. The van der Waals surface area contributed by atoms with Crippen LogP contribution >= 0.6 is 11.8 Å². The number of carbonyl (C=O) groups is 1. The highest BCUT2D eigenvalue weighted by atomic mass is 32.2. The average molecular weight is 225 g/mol. The van der Waals surface area contributed by atoms with Gasteiger partial charge in [0.15, 0.2) is 0 Å². The van der Waals surface area contributed by atoms with Gasteiger partial charge in [-0.1, -0.05) is 11.8 Å². The maximum atomic E-state index is 10.7. The lowest BCUT2D eigenvalue weighted by Crippen LogP contribution is -1.97. The third kappa shape index (κ3) is 2.21. The third-order valence-corrected chi connectivity index (χ3v) is 2.61. The van der Waals surface area contributed by atoms with Gasteiger partial charge in [-0.3, -0.25) is 0 Å². The van der Waals surface area contributed by atoms with Crippen LogP contribution < -0.4 is 0 Å². The summed E-state index contributed by atoms with van der Waals surface area (Å²) in [6, 6.07) is 1.62. The van der Waals surface area contributed by atoms with Crippen LogP contribution in [-0.4, -0.2) is 16.1 Å². The van der Waals surface area contributed by atoms with Crippen LogP contribution in [0.25, 0.3) is 0 Å². The van der Waals surface area contributed by atoms with Crippen molar-refractivity contribution in [2.75, 3.05) is 0 Å². The van der Waals surface area contributed by atoms with Gasteiger partial charge in [-0.15, -0.1) is 0 Å². The van der Waals surface area contributed by atoms with Gasteiger partial charge in [-0.2, -0.15) is 0 Å². The maximum absolute atomic E-state index is 10.7. The van der Waals surface area contributed by atoms with Gasteiger partial charge in [0.1, 0.15) is 6.26 Å². The summed E-state index contributed by atoms with van der Waals surface area (Å²) in [7, 11) is 0. The third-order valence-electron chi connectivity index (χ3n) is 1.70. The van der Waals surface area contributed by atoms with Gasteiger partial charge in [0, 0.05) is 11.3 Å². The van der Waals surface area contributed by atoms with Crippen molar-refractivity contribution in [3.8, 4) is 0 Å². The Labute approximate surface area is 89.1 Å². The molecular weight excluding hydrogens is 218 g/mol. The Morgan fingerprint density at radius 2 is 2.33 bits per heavy atom. The Morgan fingerprint density at radius 3 is 3.00 bits per heavy atom. The number of hydrogen-bond acceptors (Lipinski definition) is 5. The minimum absolute atomic E-state index is 0.0333. The number of rotatable bonds is 4. The Morgan fingerprint density at radius 1 is 1.47 bits per heavy atom. The first-order valence-corrected chi connectivity index (χ1v) is 5.08. The predicted molar refractivity (Wildman–Crippen MR) is 51.7 cm³/mol. The van der Waals surface area contributed by atoms with Crippen LogP contribution in [0.5, 0.6) is 0 Å². The molecule has 0 aliphatic rings. The molecule has 2 heterocycles. The number of thioether (sulfide) groups is 1. The first-order chi connectivity index (χ1) is 7.27. The van der Waals surface area contributed by atoms with E-state index in [2.05, 4.69) is 4.98 Å². The fraction of sp³-hybridized carbons (Fsp3) is 0.111. The largest absolute Gasteiger partial charge is 0.475 e. The van der Waals surface area contributed by atoms with Gasteiger partial charge in [0.2, 0.25) is 5.76 Å². The number of aromatic carboxylic acids is 1. The van der Waals surface area contributed by atoms with E-state index in [4.69, 9.17) is 13.9 Å². The van der Waals surface area contributed by atoms with E-state index in [1.165, 1.54) is 30.5 Å². The number of carboxylic acid groups (broad SMARTS) is 1. The molecule has 0 bridgehead atoms. The standard InChI is InChI=1S/C9H7NO4S/c11-8(12)7-6(1-3-13-7)5-15-9-10-2-4-14-9/h1-4H,5H2,(H,11,12). The fourth-order valence-electron chi connectivity index (χ4n) is 1.06. The molecule has 0 unspecified atom stereocenters. The lowest BCUT2D eigenvalue weighted by Gasteiger charge is -1.95. The zero-order chi connectivity index (χ0) is 10.7. The molecule has 0 saturated carbocycles. The fourth-order valence-corrected chi connectivity index (χ4v) is 1.82. The minimum atomic E-state index is -1.07. The highest BCUT2D eigenvalue weighted by Crippen LogP contribution is 2.23. The number of carboxylic acids is 1. The number of furan rings is 1. The molecule has 0 saturated heterocycles. The van der Waals surface area contributed by atoms with E-state index in [0.29, 0.717) is 16.5 Å².